The molecule has 0 unspecified atom stereocenters. The molecule has 0 radical (unpaired) electrons. The molecule has 4 rings (SSSR count). The molecular formula is C19H18O4. The van der Waals surface area contributed by atoms with E-state index in [1.54, 1.807) is 6.08 Å². The molecule has 0 N–H and O–H groups in total. The van der Waals surface area contributed by atoms with Crippen LogP contribution in [0.25, 0.3) is 0 Å². The largest absolute Gasteiger partial charge is 0.465 e. The van der Waals surface area contributed by atoms with Crippen LogP contribution in [-0.2, 0) is 14.3 Å². The van der Waals surface area contributed by atoms with Gasteiger partial charge in [0.05, 0.1) is 12.7 Å². The Bertz CT molecular complexity index is 756. The van der Waals surface area contributed by atoms with Gasteiger partial charge in [-0.2, -0.15) is 0 Å². The van der Waals surface area contributed by atoms with E-state index in [-0.39, 0.29) is 23.8 Å². The first-order valence-corrected chi connectivity index (χ1v) is 8.04. The van der Waals surface area contributed by atoms with E-state index in [9.17, 15) is 9.59 Å². The number of fused-ring (bicyclic) bond motifs is 5. The minimum atomic E-state index is -0.357. The van der Waals surface area contributed by atoms with Gasteiger partial charge in [-0.15, -0.1) is 0 Å². The first kappa shape index (κ1) is 14.2. The lowest BCUT2D eigenvalue weighted by atomic mass is 9.65. The first-order chi connectivity index (χ1) is 11.2. The molecule has 0 spiro atoms. The van der Waals surface area contributed by atoms with Gasteiger partial charge in [0.2, 0.25) is 0 Å². The number of para-hydroxylation sites is 1. The van der Waals surface area contributed by atoms with Crippen LogP contribution in [0.3, 0.4) is 0 Å². The number of allylic oxidation sites excluding steroid dienone is 1. The van der Waals surface area contributed by atoms with Crippen molar-refractivity contribution in [3.8, 4) is 5.75 Å². The molecule has 1 heterocycles. The standard InChI is InChI=1S/C19H18O4/c1-22-18(20)14-10-15-17(12-7-3-2-6-11(12)14)13-8-4-5-9-16(13)23-19(15)21/h4-5,8-10,12,17H,2-3,6-7H2,1H3/t12-,17+/m0/s1. The Labute approximate surface area is 134 Å². The quantitative estimate of drug-likeness (QED) is 0.590. The van der Waals surface area contributed by atoms with E-state index in [1.807, 2.05) is 24.3 Å². The summed E-state index contributed by atoms with van der Waals surface area (Å²) in [6.45, 7) is 0. The van der Waals surface area contributed by atoms with E-state index >= 15 is 0 Å². The number of methoxy groups -OCH3 is 1. The lowest BCUT2D eigenvalue weighted by Gasteiger charge is -2.40. The molecule has 1 fully saturated rings. The van der Waals surface area contributed by atoms with E-state index in [0.717, 1.165) is 36.8 Å². The van der Waals surface area contributed by atoms with Crippen LogP contribution in [0.1, 0.15) is 37.2 Å². The van der Waals surface area contributed by atoms with Gasteiger partial charge < -0.3 is 9.47 Å². The van der Waals surface area contributed by atoms with Gasteiger partial charge in [0, 0.05) is 17.1 Å². The van der Waals surface area contributed by atoms with Gasteiger partial charge in [-0.3, -0.25) is 0 Å². The van der Waals surface area contributed by atoms with Crippen molar-refractivity contribution in [1.29, 1.82) is 0 Å². The van der Waals surface area contributed by atoms with E-state index in [1.165, 1.54) is 7.11 Å². The third-order valence-electron chi connectivity index (χ3n) is 5.14. The van der Waals surface area contributed by atoms with Gasteiger partial charge in [-0.05, 0) is 37.3 Å². The molecule has 0 aromatic heterocycles. The van der Waals surface area contributed by atoms with Crippen LogP contribution in [0, 0.1) is 5.92 Å². The molecule has 2 atom stereocenters. The van der Waals surface area contributed by atoms with Crippen molar-refractivity contribution in [2.24, 2.45) is 5.92 Å². The summed E-state index contributed by atoms with van der Waals surface area (Å²) in [7, 11) is 1.38. The van der Waals surface area contributed by atoms with Gasteiger partial charge in [0.1, 0.15) is 5.75 Å². The highest BCUT2D eigenvalue weighted by molar-refractivity contribution is 6.01. The Morgan fingerprint density at radius 2 is 2.09 bits per heavy atom. The molecule has 2 aliphatic carbocycles. The normalized spacial score (nSPS) is 25.6. The predicted octanol–water partition coefficient (Wildman–Crippen LogP) is 3.29. The van der Waals surface area contributed by atoms with Crippen molar-refractivity contribution in [1.82, 2.24) is 0 Å². The second-order valence-electron chi connectivity index (χ2n) is 6.29. The topological polar surface area (TPSA) is 52.6 Å². The van der Waals surface area contributed by atoms with Gasteiger partial charge in [-0.1, -0.05) is 30.2 Å². The van der Waals surface area contributed by atoms with Crippen molar-refractivity contribution < 1.29 is 19.1 Å². The van der Waals surface area contributed by atoms with E-state index in [0.29, 0.717) is 16.9 Å². The summed E-state index contributed by atoms with van der Waals surface area (Å²) in [5.41, 5.74) is 3.33. The molecule has 1 aromatic rings. The number of carbonyl (C=O) groups is 2. The van der Waals surface area contributed by atoms with Crippen LogP contribution >= 0.6 is 0 Å². The van der Waals surface area contributed by atoms with Crippen molar-refractivity contribution >= 4 is 11.9 Å². The maximum atomic E-state index is 12.5. The maximum Gasteiger partial charge on any atom is 0.340 e. The van der Waals surface area contributed by atoms with E-state index < -0.39 is 0 Å². The van der Waals surface area contributed by atoms with Gasteiger partial charge in [-0.25, -0.2) is 9.59 Å². The highest BCUT2D eigenvalue weighted by Crippen LogP contribution is 2.52. The molecule has 23 heavy (non-hydrogen) atoms. The number of rotatable bonds is 1. The average Bonchev–Trinajstić information content (AvgIpc) is 2.60. The summed E-state index contributed by atoms with van der Waals surface area (Å²) < 4.78 is 10.4. The second kappa shape index (κ2) is 5.37. The molecule has 0 amide bonds. The van der Waals surface area contributed by atoms with Crippen LogP contribution in [0.4, 0.5) is 0 Å². The molecule has 0 bridgehead atoms. The summed E-state index contributed by atoms with van der Waals surface area (Å²) in [6, 6.07) is 7.71. The van der Waals surface area contributed by atoms with E-state index in [2.05, 4.69) is 0 Å². The summed E-state index contributed by atoms with van der Waals surface area (Å²) >= 11 is 0. The number of carbonyl (C=O) groups excluding carboxylic acids is 2. The van der Waals surface area contributed by atoms with Crippen molar-refractivity contribution in [2.45, 2.75) is 31.6 Å². The first-order valence-electron chi connectivity index (χ1n) is 8.04. The number of hydrogen-bond donors (Lipinski definition) is 0. The fourth-order valence-electron chi connectivity index (χ4n) is 4.16. The molecule has 4 heteroatoms. The highest BCUT2D eigenvalue weighted by Gasteiger charge is 2.43. The number of hydrogen-bond acceptors (Lipinski definition) is 4. The number of benzene rings is 1. The molecule has 3 aliphatic rings. The minimum absolute atomic E-state index is 0.00356. The summed E-state index contributed by atoms with van der Waals surface area (Å²) in [6.07, 6.45) is 5.77. The molecule has 0 saturated heterocycles. The monoisotopic (exact) mass is 310 g/mol. The predicted molar refractivity (Wildman–Crippen MR) is 83.9 cm³/mol. The summed E-state index contributed by atoms with van der Waals surface area (Å²) in [5.74, 6) is 0.123. The van der Waals surface area contributed by atoms with Crippen molar-refractivity contribution in [3.05, 3.63) is 52.6 Å². The third kappa shape index (κ3) is 2.12. The lowest BCUT2D eigenvalue weighted by Crippen LogP contribution is -2.34. The SMILES string of the molecule is COC(=O)C1=C2CCCC[C@@H]2[C@H]2C(=C1)C(=O)Oc1ccccc12. The smallest absolute Gasteiger partial charge is 0.340 e. The zero-order valence-corrected chi connectivity index (χ0v) is 13.0. The van der Waals surface area contributed by atoms with Gasteiger partial charge in [0.25, 0.3) is 0 Å². The Morgan fingerprint density at radius 3 is 2.91 bits per heavy atom. The maximum absolute atomic E-state index is 12.5. The molecular weight excluding hydrogens is 292 g/mol. The minimum Gasteiger partial charge on any atom is -0.465 e. The summed E-state index contributed by atoms with van der Waals surface area (Å²) in [4.78, 5) is 24.6. The lowest BCUT2D eigenvalue weighted by molar-refractivity contribution is -0.135. The highest BCUT2D eigenvalue weighted by atomic mass is 16.5. The van der Waals surface area contributed by atoms with E-state index in [4.69, 9.17) is 9.47 Å². The zero-order chi connectivity index (χ0) is 16.0. The van der Waals surface area contributed by atoms with Crippen LogP contribution in [0.15, 0.2) is 47.1 Å². The molecule has 1 aliphatic heterocycles. The van der Waals surface area contributed by atoms with Crippen LogP contribution in [0.5, 0.6) is 5.75 Å². The summed E-state index contributed by atoms with van der Waals surface area (Å²) in [5, 5.41) is 0. The zero-order valence-electron chi connectivity index (χ0n) is 13.0. The third-order valence-corrected chi connectivity index (χ3v) is 5.14. The van der Waals surface area contributed by atoms with Crippen LogP contribution < -0.4 is 4.74 Å². The molecule has 1 aromatic carbocycles. The van der Waals surface area contributed by atoms with Crippen molar-refractivity contribution in [3.63, 3.8) is 0 Å². The number of esters is 2. The average molecular weight is 310 g/mol. The second-order valence-corrected chi connectivity index (χ2v) is 6.29. The molecule has 118 valence electrons. The van der Waals surface area contributed by atoms with Gasteiger partial charge >= 0.3 is 11.9 Å². The fraction of sp³-hybridized carbons (Fsp3) is 0.368. The molecule has 4 nitrogen and oxygen atoms in total. The van der Waals surface area contributed by atoms with Crippen LogP contribution in [-0.4, -0.2) is 19.0 Å². The van der Waals surface area contributed by atoms with Crippen LogP contribution in [0.2, 0.25) is 0 Å². The fourth-order valence-corrected chi connectivity index (χ4v) is 4.16. The molecule has 1 saturated carbocycles. The van der Waals surface area contributed by atoms with Gasteiger partial charge in [0.15, 0.2) is 0 Å². The Morgan fingerprint density at radius 1 is 1.26 bits per heavy atom. The van der Waals surface area contributed by atoms with Crippen molar-refractivity contribution in [2.75, 3.05) is 7.11 Å². The number of ether oxygens (including phenoxy) is 2. The Kier molecular flexibility index (Phi) is 3.33. The Hall–Kier alpha value is -2.36. The Balaban J connectivity index is 1.90.